The molecule has 1 saturated carbocycles. The number of carboxylic acid groups (broad SMARTS) is 1. The van der Waals surface area contributed by atoms with Crippen molar-refractivity contribution in [2.24, 2.45) is 5.92 Å². The molecule has 2 aromatic rings. The molecule has 0 spiro atoms. The number of nitrogens with one attached hydrogen (secondary N) is 3. The molecule has 2 bridgehead atoms. The smallest absolute Gasteiger partial charge is 0.290 e. The predicted octanol–water partition coefficient (Wildman–Crippen LogP) is 3.13. The van der Waals surface area contributed by atoms with Gasteiger partial charge in [0.1, 0.15) is 11.6 Å². The standard InChI is InChI=1S/C32H42F2N4O3.CH2O2.H2/c1-2-21-4-3-5-24(14-21)32(10-11-32)35-19-29(39)27(17-22-15-25(33)18-26(34)16-22)36-30(40)6-7-31(41)37-28-20-38-12-8-23(28)9-13-38;2-1-3;/h3-5,14-16,18,23,27-29,35,39H,2,6-13,17,19-20H2,1H3,(H,36,40)(H,37,41);1H,(H,2,3);1H/t27-,28+,29+;;/m0../s1. The molecular formula is C33H46F2N4O5. The summed E-state index contributed by atoms with van der Waals surface area (Å²) in [6.07, 6.45) is 4.03. The van der Waals surface area contributed by atoms with Crippen LogP contribution in [0.4, 0.5) is 8.78 Å². The molecule has 44 heavy (non-hydrogen) atoms. The molecule has 0 unspecified atom stereocenters. The Labute approximate surface area is 258 Å². The molecule has 242 valence electrons. The van der Waals surface area contributed by atoms with Crippen molar-refractivity contribution in [3.63, 3.8) is 0 Å². The highest BCUT2D eigenvalue weighted by molar-refractivity contribution is 5.84. The van der Waals surface area contributed by atoms with E-state index in [1.807, 2.05) is 6.07 Å². The van der Waals surface area contributed by atoms with Crippen LogP contribution in [0.25, 0.3) is 0 Å². The summed E-state index contributed by atoms with van der Waals surface area (Å²) in [6.45, 7) is 5.08. The van der Waals surface area contributed by atoms with E-state index in [9.17, 15) is 23.5 Å². The fraction of sp³-hybridized carbons (Fsp3) is 0.545. The lowest BCUT2D eigenvalue weighted by Gasteiger charge is -2.44. The maximum Gasteiger partial charge on any atom is 0.290 e. The number of aliphatic hydroxyl groups excluding tert-OH is 1. The Hall–Kier alpha value is -3.41. The highest BCUT2D eigenvalue weighted by atomic mass is 19.1. The van der Waals surface area contributed by atoms with Crippen LogP contribution in [0.3, 0.4) is 0 Å². The first-order valence-corrected chi connectivity index (χ1v) is 15.5. The molecule has 0 aromatic heterocycles. The summed E-state index contributed by atoms with van der Waals surface area (Å²) < 4.78 is 27.8. The minimum absolute atomic E-state index is 0. The molecule has 3 saturated heterocycles. The third-order valence-electron chi connectivity index (χ3n) is 9.06. The van der Waals surface area contributed by atoms with Crippen molar-refractivity contribution in [2.45, 2.75) is 82.0 Å². The normalized spacial score (nSPS) is 22.6. The first kappa shape index (κ1) is 33.5. The Morgan fingerprint density at radius 1 is 1.07 bits per heavy atom. The number of aryl methyl sites for hydroxylation is 1. The molecule has 1 aliphatic carbocycles. The number of amides is 2. The van der Waals surface area contributed by atoms with Crippen molar-refractivity contribution in [3.8, 4) is 0 Å². The van der Waals surface area contributed by atoms with Gasteiger partial charge < -0.3 is 31.1 Å². The lowest BCUT2D eigenvalue weighted by atomic mass is 9.84. The van der Waals surface area contributed by atoms with Gasteiger partial charge in [0.2, 0.25) is 11.8 Å². The molecule has 2 amide bonds. The van der Waals surface area contributed by atoms with Crippen LogP contribution < -0.4 is 16.0 Å². The number of halogens is 2. The van der Waals surface area contributed by atoms with Crippen molar-refractivity contribution in [1.29, 1.82) is 0 Å². The predicted molar refractivity (Wildman–Crippen MR) is 164 cm³/mol. The molecule has 2 aromatic carbocycles. The van der Waals surface area contributed by atoms with E-state index in [0.29, 0.717) is 11.5 Å². The topological polar surface area (TPSA) is 131 Å². The Balaban J connectivity index is 0.00000133. The number of hydrogen-bond acceptors (Lipinski definition) is 6. The van der Waals surface area contributed by atoms with Crippen LogP contribution in [0.5, 0.6) is 0 Å². The van der Waals surface area contributed by atoms with E-state index in [2.05, 4.69) is 46.0 Å². The number of hydrogen-bond donors (Lipinski definition) is 5. The highest BCUT2D eigenvalue weighted by Crippen LogP contribution is 2.45. The van der Waals surface area contributed by atoms with Gasteiger partial charge in [-0.15, -0.1) is 0 Å². The van der Waals surface area contributed by atoms with Crippen LogP contribution >= 0.6 is 0 Å². The number of nitrogens with zero attached hydrogens (tertiary/aromatic N) is 1. The maximum absolute atomic E-state index is 13.9. The third-order valence-corrected chi connectivity index (χ3v) is 9.06. The van der Waals surface area contributed by atoms with Gasteiger partial charge in [0.05, 0.1) is 12.1 Å². The fourth-order valence-corrected chi connectivity index (χ4v) is 6.40. The average molecular weight is 617 g/mol. The van der Waals surface area contributed by atoms with Gasteiger partial charge in [0.25, 0.3) is 6.47 Å². The van der Waals surface area contributed by atoms with E-state index >= 15 is 0 Å². The monoisotopic (exact) mass is 616 g/mol. The number of rotatable bonds is 13. The minimum Gasteiger partial charge on any atom is -0.483 e. The van der Waals surface area contributed by atoms with Gasteiger partial charge in [-0.2, -0.15) is 0 Å². The van der Waals surface area contributed by atoms with E-state index < -0.39 is 23.8 Å². The van der Waals surface area contributed by atoms with Crippen LogP contribution in [0.1, 0.15) is 63.6 Å². The largest absolute Gasteiger partial charge is 0.483 e. The number of aliphatic hydroxyl groups is 1. The molecule has 3 heterocycles. The molecule has 6 rings (SSSR count). The second kappa shape index (κ2) is 15.5. The molecule has 4 aliphatic rings. The first-order valence-electron chi connectivity index (χ1n) is 15.5. The quantitative estimate of drug-likeness (QED) is 0.219. The first-order chi connectivity index (χ1) is 21.1. The Bertz CT molecular complexity index is 1270. The lowest BCUT2D eigenvalue weighted by molar-refractivity contribution is -0.128. The lowest BCUT2D eigenvalue weighted by Crippen LogP contribution is -2.57. The van der Waals surface area contributed by atoms with Crippen molar-refractivity contribution >= 4 is 18.3 Å². The van der Waals surface area contributed by atoms with Gasteiger partial charge in [-0.25, -0.2) is 8.78 Å². The van der Waals surface area contributed by atoms with Crippen molar-refractivity contribution in [3.05, 3.63) is 70.8 Å². The van der Waals surface area contributed by atoms with Crippen LogP contribution in [0, 0.1) is 17.6 Å². The molecule has 0 radical (unpaired) electrons. The van der Waals surface area contributed by atoms with Crippen molar-refractivity contribution in [1.82, 2.24) is 20.9 Å². The number of carbonyl (C=O) groups excluding carboxylic acids is 2. The van der Waals surface area contributed by atoms with Crippen LogP contribution in [0.15, 0.2) is 42.5 Å². The summed E-state index contributed by atoms with van der Waals surface area (Å²) in [4.78, 5) is 36.3. The summed E-state index contributed by atoms with van der Waals surface area (Å²) in [5.74, 6) is -1.47. The Morgan fingerprint density at radius 3 is 2.32 bits per heavy atom. The van der Waals surface area contributed by atoms with E-state index in [4.69, 9.17) is 9.90 Å². The van der Waals surface area contributed by atoms with Crippen molar-refractivity contribution < 1.29 is 34.8 Å². The number of carbonyl (C=O) groups is 3. The molecule has 11 heteroatoms. The van der Waals surface area contributed by atoms with E-state index in [1.165, 1.54) is 23.3 Å². The molecule has 5 N–H and O–H groups in total. The summed E-state index contributed by atoms with van der Waals surface area (Å²) >= 11 is 0. The second-order valence-electron chi connectivity index (χ2n) is 12.2. The zero-order chi connectivity index (χ0) is 31.7. The van der Waals surface area contributed by atoms with Crippen LogP contribution in [-0.2, 0) is 32.8 Å². The van der Waals surface area contributed by atoms with Gasteiger partial charge in [-0.1, -0.05) is 31.2 Å². The fourth-order valence-electron chi connectivity index (χ4n) is 6.40. The SMILES string of the molecule is CCc1cccc(C2(NC[C@@H](O)[C@H](Cc3cc(F)cc(F)c3)NC(=O)CCC(=O)N[C@@H]3CN4CCC3CC4)CC2)c1.O=CO.[HH]. The Kier molecular flexibility index (Phi) is 11.8. The summed E-state index contributed by atoms with van der Waals surface area (Å²) in [5.41, 5.74) is 2.53. The van der Waals surface area contributed by atoms with Gasteiger partial charge >= 0.3 is 0 Å². The molecule has 4 fully saturated rings. The molecule has 3 aliphatic heterocycles. The summed E-state index contributed by atoms with van der Waals surface area (Å²) in [6, 6.07) is 11.0. The average Bonchev–Trinajstić information content (AvgIpc) is 3.80. The van der Waals surface area contributed by atoms with Gasteiger partial charge in [0, 0.05) is 45.0 Å². The third kappa shape index (κ3) is 9.30. The zero-order valence-electron chi connectivity index (χ0n) is 25.2. The summed E-state index contributed by atoms with van der Waals surface area (Å²) in [7, 11) is 0. The van der Waals surface area contributed by atoms with Gasteiger partial charge in [-0.3, -0.25) is 14.4 Å². The summed E-state index contributed by atoms with van der Waals surface area (Å²) in [5, 5.41) is 27.5. The second-order valence-corrected chi connectivity index (χ2v) is 12.2. The van der Waals surface area contributed by atoms with E-state index in [0.717, 1.165) is 57.8 Å². The van der Waals surface area contributed by atoms with Gasteiger partial charge in [0.15, 0.2) is 0 Å². The zero-order valence-corrected chi connectivity index (χ0v) is 25.2. The molecule has 9 nitrogen and oxygen atoms in total. The van der Waals surface area contributed by atoms with E-state index in [-0.39, 0.29) is 57.1 Å². The number of fused-ring (bicyclic) bond motifs is 3. The number of piperidine rings is 3. The van der Waals surface area contributed by atoms with Gasteiger partial charge in [-0.05, 0) is 86.4 Å². The van der Waals surface area contributed by atoms with Crippen LogP contribution in [0.2, 0.25) is 0 Å². The van der Waals surface area contributed by atoms with Crippen molar-refractivity contribution in [2.75, 3.05) is 26.2 Å². The number of benzene rings is 2. The highest BCUT2D eigenvalue weighted by Gasteiger charge is 2.44. The molecular weight excluding hydrogens is 570 g/mol. The maximum atomic E-state index is 13.9. The molecule has 3 atom stereocenters. The van der Waals surface area contributed by atoms with Crippen LogP contribution in [-0.4, -0.2) is 77.8 Å². The van der Waals surface area contributed by atoms with E-state index in [1.54, 1.807) is 0 Å². The minimum atomic E-state index is -1.02. The Morgan fingerprint density at radius 2 is 1.73 bits per heavy atom.